The van der Waals surface area contributed by atoms with Crippen molar-refractivity contribution >= 4 is 11.8 Å². The second-order valence-electron chi connectivity index (χ2n) is 2.89. The monoisotopic (exact) mass is 217 g/mol. The molecule has 0 aromatic rings. The third-order valence-corrected chi connectivity index (χ3v) is 1.81. The van der Waals surface area contributed by atoms with E-state index >= 15 is 0 Å². The van der Waals surface area contributed by atoms with E-state index in [0.29, 0.717) is 13.0 Å². The standard InChI is InChI=1S/C8H17N3O2.C2H6/c1-6(12)7(10-2)4-3-5-11-8(9)13;1-2/h7,10H,3-5H2,1-2H3,(H3,9,11,13);1-2H3/t7-;/m0./s1. The molecule has 0 unspecified atom stereocenters. The predicted molar refractivity (Wildman–Crippen MR) is 61.7 cm³/mol. The van der Waals surface area contributed by atoms with Crippen LogP contribution in [-0.2, 0) is 4.79 Å². The van der Waals surface area contributed by atoms with Gasteiger partial charge in [0.1, 0.15) is 5.78 Å². The summed E-state index contributed by atoms with van der Waals surface area (Å²) in [6, 6.07) is -0.640. The number of hydrogen-bond donors (Lipinski definition) is 3. The van der Waals surface area contributed by atoms with Crippen molar-refractivity contribution in [3.63, 3.8) is 0 Å². The first-order valence-corrected chi connectivity index (χ1v) is 5.29. The highest BCUT2D eigenvalue weighted by Crippen LogP contribution is 1.96. The van der Waals surface area contributed by atoms with Crippen molar-refractivity contribution in [1.29, 1.82) is 0 Å². The number of urea groups is 1. The number of nitrogens with one attached hydrogen (secondary N) is 2. The number of primary amides is 1. The van der Waals surface area contributed by atoms with Crippen molar-refractivity contribution < 1.29 is 9.59 Å². The summed E-state index contributed by atoms with van der Waals surface area (Å²) >= 11 is 0. The van der Waals surface area contributed by atoms with Gasteiger partial charge in [-0.25, -0.2) is 4.79 Å². The fourth-order valence-corrected chi connectivity index (χ4v) is 1.07. The molecule has 15 heavy (non-hydrogen) atoms. The summed E-state index contributed by atoms with van der Waals surface area (Å²) in [4.78, 5) is 21.2. The molecule has 0 heterocycles. The Balaban J connectivity index is 0. The zero-order chi connectivity index (χ0) is 12.3. The SMILES string of the molecule is CC.CN[C@@H](CCCNC(N)=O)C(C)=O. The summed E-state index contributed by atoms with van der Waals surface area (Å²) in [5, 5.41) is 5.36. The van der Waals surface area contributed by atoms with Gasteiger partial charge >= 0.3 is 6.03 Å². The molecule has 0 aromatic carbocycles. The number of carbonyl (C=O) groups excluding carboxylic acids is 2. The maximum atomic E-state index is 10.9. The van der Waals surface area contributed by atoms with Gasteiger partial charge in [-0.05, 0) is 26.8 Å². The van der Waals surface area contributed by atoms with Crippen molar-refractivity contribution in [2.45, 2.75) is 39.7 Å². The van der Waals surface area contributed by atoms with E-state index in [1.54, 1.807) is 14.0 Å². The Morgan fingerprint density at radius 1 is 1.33 bits per heavy atom. The van der Waals surface area contributed by atoms with Crippen LogP contribution in [0.25, 0.3) is 0 Å². The van der Waals surface area contributed by atoms with Crippen molar-refractivity contribution in [3.8, 4) is 0 Å². The van der Waals surface area contributed by atoms with Crippen molar-refractivity contribution in [2.75, 3.05) is 13.6 Å². The Morgan fingerprint density at radius 3 is 2.20 bits per heavy atom. The van der Waals surface area contributed by atoms with Crippen LogP contribution in [0.3, 0.4) is 0 Å². The van der Waals surface area contributed by atoms with Crippen molar-refractivity contribution in [2.24, 2.45) is 5.73 Å². The van der Waals surface area contributed by atoms with Gasteiger partial charge < -0.3 is 16.4 Å². The van der Waals surface area contributed by atoms with E-state index in [0.717, 1.165) is 6.42 Å². The van der Waals surface area contributed by atoms with E-state index < -0.39 is 6.03 Å². The molecular weight excluding hydrogens is 194 g/mol. The number of hydrogen-bond acceptors (Lipinski definition) is 3. The molecule has 0 aliphatic carbocycles. The van der Waals surface area contributed by atoms with E-state index in [9.17, 15) is 9.59 Å². The molecule has 0 bridgehead atoms. The van der Waals surface area contributed by atoms with Gasteiger partial charge in [-0.1, -0.05) is 13.8 Å². The van der Waals surface area contributed by atoms with Gasteiger partial charge in [0.05, 0.1) is 6.04 Å². The second-order valence-corrected chi connectivity index (χ2v) is 2.89. The first-order valence-electron chi connectivity index (χ1n) is 5.29. The molecule has 0 aliphatic heterocycles. The molecule has 5 nitrogen and oxygen atoms in total. The number of rotatable bonds is 6. The Hall–Kier alpha value is -1.10. The van der Waals surface area contributed by atoms with Crippen LogP contribution in [0.1, 0.15) is 33.6 Å². The van der Waals surface area contributed by atoms with E-state index in [2.05, 4.69) is 10.6 Å². The third-order valence-electron chi connectivity index (χ3n) is 1.81. The van der Waals surface area contributed by atoms with Crippen LogP contribution >= 0.6 is 0 Å². The van der Waals surface area contributed by atoms with Crippen LogP contribution in [0.2, 0.25) is 0 Å². The normalized spacial score (nSPS) is 10.9. The maximum Gasteiger partial charge on any atom is 0.312 e. The van der Waals surface area contributed by atoms with Gasteiger partial charge in [-0.2, -0.15) is 0 Å². The van der Waals surface area contributed by atoms with E-state index in [4.69, 9.17) is 5.73 Å². The maximum absolute atomic E-state index is 10.9. The highest BCUT2D eigenvalue weighted by Gasteiger charge is 2.09. The molecule has 0 aliphatic rings. The number of ketones is 1. The van der Waals surface area contributed by atoms with Gasteiger partial charge in [-0.15, -0.1) is 0 Å². The van der Waals surface area contributed by atoms with Crippen LogP contribution in [0.4, 0.5) is 4.79 Å². The van der Waals surface area contributed by atoms with E-state index in [1.807, 2.05) is 13.8 Å². The molecule has 0 radical (unpaired) electrons. The summed E-state index contributed by atoms with van der Waals surface area (Å²) in [7, 11) is 1.74. The highest BCUT2D eigenvalue weighted by molar-refractivity contribution is 5.81. The van der Waals surface area contributed by atoms with Crippen LogP contribution in [0.5, 0.6) is 0 Å². The summed E-state index contributed by atoms with van der Waals surface area (Å²) in [5.41, 5.74) is 4.87. The minimum Gasteiger partial charge on any atom is -0.352 e. The van der Waals surface area contributed by atoms with Gasteiger partial charge in [0.25, 0.3) is 0 Å². The Labute approximate surface area is 91.8 Å². The lowest BCUT2D eigenvalue weighted by molar-refractivity contribution is -0.119. The Morgan fingerprint density at radius 2 is 1.87 bits per heavy atom. The minimum absolute atomic E-state index is 0.113. The molecule has 0 rings (SSSR count). The van der Waals surface area contributed by atoms with Gasteiger partial charge in [-0.3, -0.25) is 4.79 Å². The topological polar surface area (TPSA) is 84.2 Å². The summed E-state index contributed by atoms with van der Waals surface area (Å²) in [6.45, 7) is 6.06. The molecule has 1 atom stereocenters. The quantitative estimate of drug-likeness (QED) is 0.571. The Kier molecular flexibility index (Phi) is 12.0. The minimum atomic E-state index is -0.524. The predicted octanol–water partition coefficient (Wildman–Crippen LogP) is 0.638. The molecular formula is C10H23N3O2. The van der Waals surface area contributed by atoms with Crippen LogP contribution in [0, 0.1) is 0 Å². The third kappa shape index (κ3) is 10.8. The summed E-state index contributed by atoms with van der Waals surface area (Å²) in [6.07, 6.45) is 1.46. The molecule has 0 saturated heterocycles. The molecule has 4 N–H and O–H groups in total. The second kappa shape index (κ2) is 11.0. The van der Waals surface area contributed by atoms with Crippen LogP contribution in [-0.4, -0.2) is 31.4 Å². The lowest BCUT2D eigenvalue weighted by atomic mass is 10.1. The number of nitrogens with two attached hydrogens (primary N) is 1. The van der Waals surface area contributed by atoms with Crippen molar-refractivity contribution in [1.82, 2.24) is 10.6 Å². The lowest BCUT2D eigenvalue weighted by Crippen LogP contribution is -2.34. The average molecular weight is 217 g/mol. The largest absolute Gasteiger partial charge is 0.352 e. The molecule has 0 saturated carbocycles. The number of Topliss-reactive ketones (excluding diaryl/α,β-unsaturated/α-hetero) is 1. The Bertz CT molecular complexity index is 184. The molecule has 0 spiro atoms. The zero-order valence-electron chi connectivity index (χ0n) is 10.1. The first kappa shape index (κ1) is 16.3. The molecule has 0 aromatic heterocycles. The zero-order valence-corrected chi connectivity index (χ0v) is 10.1. The fraction of sp³-hybridized carbons (Fsp3) is 0.800. The fourth-order valence-electron chi connectivity index (χ4n) is 1.07. The smallest absolute Gasteiger partial charge is 0.312 e. The molecule has 0 fully saturated rings. The number of likely N-dealkylation sites (N-methyl/N-ethyl adjacent to an activating group) is 1. The van der Waals surface area contributed by atoms with Gasteiger partial charge in [0.2, 0.25) is 0 Å². The number of carbonyl (C=O) groups is 2. The van der Waals surface area contributed by atoms with E-state index in [1.165, 1.54) is 0 Å². The first-order chi connectivity index (χ1) is 7.07. The van der Waals surface area contributed by atoms with Gasteiger partial charge in [0.15, 0.2) is 0 Å². The van der Waals surface area contributed by atoms with E-state index in [-0.39, 0.29) is 11.8 Å². The summed E-state index contributed by atoms with van der Waals surface area (Å²) in [5.74, 6) is 0.113. The van der Waals surface area contributed by atoms with Crippen molar-refractivity contribution in [3.05, 3.63) is 0 Å². The lowest BCUT2D eigenvalue weighted by Gasteiger charge is -2.11. The number of amides is 2. The van der Waals surface area contributed by atoms with Crippen LogP contribution < -0.4 is 16.4 Å². The molecule has 2 amide bonds. The average Bonchev–Trinajstić information content (AvgIpc) is 2.20. The summed E-state index contributed by atoms with van der Waals surface area (Å²) < 4.78 is 0. The highest BCUT2D eigenvalue weighted by atomic mass is 16.2. The van der Waals surface area contributed by atoms with Crippen LogP contribution in [0.15, 0.2) is 0 Å². The molecule has 5 heteroatoms. The molecule has 90 valence electrons. The van der Waals surface area contributed by atoms with Gasteiger partial charge in [0, 0.05) is 6.54 Å².